The topological polar surface area (TPSA) is 66.5 Å². The van der Waals surface area contributed by atoms with Crippen LogP contribution in [0.5, 0.6) is 0 Å². The number of anilines is 2. The van der Waals surface area contributed by atoms with E-state index in [1.165, 1.54) is 19.1 Å². The molecule has 0 heterocycles. The van der Waals surface area contributed by atoms with Crippen LogP contribution in [-0.2, 0) is 21.2 Å². The zero-order chi connectivity index (χ0) is 19.5. The van der Waals surface area contributed by atoms with Gasteiger partial charge in [0.1, 0.15) is 6.04 Å². The molecule has 2 aromatic carbocycles. The SMILES string of the molecule is CCc1ccc(NC(=O)C(C)N(c2cc(Cl)ccc2Cl)S(C)(=O)=O)cc1. The number of hydrogen-bond donors (Lipinski definition) is 1. The number of rotatable bonds is 6. The van der Waals surface area contributed by atoms with Gasteiger partial charge in [-0.1, -0.05) is 42.3 Å². The zero-order valence-electron chi connectivity index (χ0n) is 14.7. The van der Waals surface area contributed by atoms with E-state index in [1.54, 1.807) is 18.2 Å². The molecule has 26 heavy (non-hydrogen) atoms. The fourth-order valence-electron chi connectivity index (χ4n) is 2.51. The normalized spacial score (nSPS) is 12.5. The lowest BCUT2D eigenvalue weighted by Gasteiger charge is -2.29. The Labute approximate surface area is 164 Å². The first-order valence-corrected chi connectivity index (χ1v) is 10.6. The Morgan fingerprint density at radius 1 is 1.15 bits per heavy atom. The van der Waals surface area contributed by atoms with Gasteiger partial charge in [-0.25, -0.2) is 8.42 Å². The molecular formula is C18H20Cl2N2O3S. The van der Waals surface area contributed by atoms with E-state index in [0.29, 0.717) is 10.7 Å². The highest BCUT2D eigenvalue weighted by atomic mass is 35.5. The fourth-order valence-corrected chi connectivity index (χ4v) is 4.11. The molecule has 0 radical (unpaired) electrons. The number of aryl methyl sites for hydroxylation is 1. The number of halogens is 2. The maximum atomic E-state index is 12.6. The second-order valence-corrected chi connectivity index (χ2v) is 8.57. The number of carbonyl (C=O) groups excluding carboxylic acids is 1. The molecule has 140 valence electrons. The van der Waals surface area contributed by atoms with Crippen LogP contribution in [0.2, 0.25) is 10.0 Å². The van der Waals surface area contributed by atoms with Crippen LogP contribution >= 0.6 is 23.2 Å². The number of benzene rings is 2. The molecule has 0 spiro atoms. The lowest BCUT2D eigenvalue weighted by molar-refractivity contribution is -0.116. The minimum absolute atomic E-state index is 0.158. The number of amides is 1. The third-order valence-corrected chi connectivity index (χ3v) is 5.65. The van der Waals surface area contributed by atoms with Gasteiger partial charge in [0.15, 0.2) is 0 Å². The molecule has 1 N–H and O–H groups in total. The fraction of sp³-hybridized carbons (Fsp3) is 0.278. The van der Waals surface area contributed by atoms with E-state index in [0.717, 1.165) is 22.5 Å². The standard InChI is InChI=1S/C18H20Cl2N2O3S/c1-4-13-5-8-15(9-6-13)21-18(23)12(2)22(26(3,24)25)17-11-14(19)7-10-16(17)20/h5-12H,4H2,1-3H3,(H,21,23). The average molecular weight is 415 g/mol. The lowest BCUT2D eigenvalue weighted by Crippen LogP contribution is -2.45. The van der Waals surface area contributed by atoms with Crippen molar-refractivity contribution < 1.29 is 13.2 Å². The summed E-state index contributed by atoms with van der Waals surface area (Å²) in [7, 11) is -3.78. The molecule has 0 aromatic heterocycles. The molecule has 0 fully saturated rings. The summed E-state index contributed by atoms with van der Waals surface area (Å²) in [5, 5.41) is 3.24. The molecule has 0 aliphatic rings. The highest BCUT2D eigenvalue weighted by Gasteiger charge is 2.30. The van der Waals surface area contributed by atoms with Crippen molar-refractivity contribution in [3.05, 3.63) is 58.1 Å². The maximum Gasteiger partial charge on any atom is 0.247 e. The molecule has 2 rings (SSSR count). The van der Waals surface area contributed by atoms with Crippen LogP contribution in [0.4, 0.5) is 11.4 Å². The molecule has 0 aliphatic heterocycles. The van der Waals surface area contributed by atoms with Crippen LogP contribution in [0.25, 0.3) is 0 Å². The Kier molecular flexibility index (Phi) is 6.55. The van der Waals surface area contributed by atoms with Crippen molar-refractivity contribution in [2.24, 2.45) is 0 Å². The van der Waals surface area contributed by atoms with Crippen LogP contribution in [-0.4, -0.2) is 26.6 Å². The molecule has 0 bridgehead atoms. The van der Waals surface area contributed by atoms with Crippen molar-refractivity contribution >= 4 is 50.5 Å². The third-order valence-electron chi connectivity index (χ3n) is 3.86. The summed E-state index contributed by atoms with van der Waals surface area (Å²) in [5.74, 6) is -0.476. The molecule has 1 unspecified atom stereocenters. The Hall–Kier alpha value is -1.76. The van der Waals surface area contributed by atoms with E-state index in [4.69, 9.17) is 23.2 Å². The van der Waals surface area contributed by atoms with E-state index in [-0.39, 0.29) is 10.7 Å². The smallest absolute Gasteiger partial charge is 0.247 e. The third kappa shape index (κ3) is 4.90. The van der Waals surface area contributed by atoms with Gasteiger partial charge in [0.25, 0.3) is 0 Å². The van der Waals surface area contributed by atoms with Crippen LogP contribution in [0.1, 0.15) is 19.4 Å². The lowest BCUT2D eigenvalue weighted by atomic mass is 10.1. The van der Waals surface area contributed by atoms with E-state index >= 15 is 0 Å². The van der Waals surface area contributed by atoms with Crippen LogP contribution in [0, 0.1) is 0 Å². The summed E-state index contributed by atoms with van der Waals surface area (Å²) < 4.78 is 25.6. The van der Waals surface area contributed by atoms with Gasteiger partial charge in [0.05, 0.1) is 17.0 Å². The first-order chi connectivity index (χ1) is 12.1. The van der Waals surface area contributed by atoms with Gasteiger partial charge >= 0.3 is 0 Å². The number of carbonyl (C=O) groups is 1. The predicted molar refractivity (Wildman–Crippen MR) is 108 cm³/mol. The van der Waals surface area contributed by atoms with E-state index in [1.807, 2.05) is 19.1 Å². The number of hydrogen-bond acceptors (Lipinski definition) is 3. The van der Waals surface area contributed by atoms with Gasteiger partial charge in [0, 0.05) is 10.7 Å². The summed E-state index contributed by atoms with van der Waals surface area (Å²) >= 11 is 12.1. The van der Waals surface area contributed by atoms with Gasteiger partial charge < -0.3 is 5.32 Å². The quantitative estimate of drug-likeness (QED) is 0.763. The molecule has 0 saturated carbocycles. The Bertz CT molecular complexity index is 899. The van der Waals surface area contributed by atoms with Gasteiger partial charge in [-0.15, -0.1) is 0 Å². The van der Waals surface area contributed by atoms with Crippen LogP contribution in [0.15, 0.2) is 42.5 Å². The van der Waals surface area contributed by atoms with Crippen molar-refractivity contribution in [3.8, 4) is 0 Å². The minimum Gasteiger partial charge on any atom is -0.324 e. The van der Waals surface area contributed by atoms with Crippen molar-refractivity contribution in [2.75, 3.05) is 15.9 Å². The number of nitrogens with one attached hydrogen (secondary N) is 1. The summed E-state index contributed by atoms with van der Waals surface area (Å²) in [6.45, 7) is 3.53. The summed E-state index contributed by atoms with van der Waals surface area (Å²) in [6, 6.07) is 10.8. The molecule has 8 heteroatoms. The first-order valence-electron chi connectivity index (χ1n) is 7.97. The van der Waals surface area contributed by atoms with Gasteiger partial charge in [0.2, 0.25) is 15.9 Å². The monoisotopic (exact) mass is 414 g/mol. The minimum atomic E-state index is -3.78. The summed E-state index contributed by atoms with van der Waals surface area (Å²) in [5.41, 5.74) is 1.88. The Morgan fingerprint density at radius 2 is 1.77 bits per heavy atom. The van der Waals surface area contributed by atoms with Gasteiger partial charge in [-0.05, 0) is 49.2 Å². The second-order valence-electron chi connectivity index (χ2n) is 5.87. The molecule has 2 aromatic rings. The predicted octanol–water partition coefficient (Wildman–Crippen LogP) is 4.35. The van der Waals surface area contributed by atoms with Crippen molar-refractivity contribution in [3.63, 3.8) is 0 Å². The number of sulfonamides is 1. The van der Waals surface area contributed by atoms with Crippen molar-refractivity contribution in [1.82, 2.24) is 0 Å². The molecule has 0 saturated heterocycles. The zero-order valence-corrected chi connectivity index (χ0v) is 17.0. The number of nitrogens with zero attached hydrogens (tertiary/aromatic N) is 1. The Balaban J connectivity index is 2.32. The highest BCUT2D eigenvalue weighted by Crippen LogP contribution is 2.32. The highest BCUT2D eigenvalue weighted by molar-refractivity contribution is 7.92. The molecule has 1 amide bonds. The Morgan fingerprint density at radius 3 is 2.31 bits per heavy atom. The van der Waals surface area contributed by atoms with E-state index in [2.05, 4.69) is 5.32 Å². The molecule has 1 atom stereocenters. The molecular weight excluding hydrogens is 395 g/mol. The van der Waals surface area contributed by atoms with Gasteiger partial charge in [-0.2, -0.15) is 0 Å². The first kappa shape index (κ1) is 20.6. The van der Waals surface area contributed by atoms with Crippen LogP contribution in [0.3, 0.4) is 0 Å². The molecule has 0 aliphatic carbocycles. The van der Waals surface area contributed by atoms with E-state index in [9.17, 15) is 13.2 Å². The maximum absolute atomic E-state index is 12.6. The van der Waals surface area contributed by atoms with Gasteiger partial charge in [-0.3, -0.25) is 9.10 Å². The van der Waals surface area contributed by atoms with Crippen molar-refractivity contribution in [2.45, 2.75) is 26.3 Å². The average Bonchev–Trinajstić information content (AvgIpc) is 2.57. The van der Waals surface area contributed by atoms with E-state index < -0.39 is 22.0 Å². The van der Waals surface area contributed by atoms with Crippen molar-refractivity contribution in [1.29, 1.82) is 0 Å². The summed E-state index contributed by atoms with van der Waals surface area (Å²) in [6.07, 6.45) is 1.91. The molecule has 5 nitrogen and oxygen atoms in total. The van der Waals surface area contributed by atoms with Crippen LogP contribution < -0.4 is 9.62 Å². The largest absolute Gasteiger partial charge is 0.324 e. The summed E-state index contributed by atoms with van der Waals surface area (Å²) in [4.78, 5) is 12.6. The second kappa shape index (κ2) is 8.29.